The van der Waals surface area contributed by atoms with Crippen LogP contribution in [0.1, 0.15) is 5.69 Å². The number of β-lactam (4-membered cyclic amide) rings is 1. The molecule has 3 aliphatic rings. The van der Waals surface area contributed by atoms with Crippen LogP contribution in [0, 0.1) is 0 Å². The van der Waals surface area contributed by atoms with Gasteiger partial charge in [-0.15, -0.1) is 11.8 Å². The van der Waals surface area contributed by atoms with Gasteiger partial charge in [-0.1, -0.05) is 0 Å². The molecule has 2 atom stereocenters. The fourth-order valence-corrected chi connectivity index (χ4v) is 5.66. The molecule has 3 aliphatic heterocycles. The second-order valence-corrected chi connectivity index (χ2v) is 8.43. The number of amides is 1. The lowest BCUT2D eigenvalue weighted by Crippen LogP contribution is -2.56. The van der Waals surface area contributed by atoms with Crippen LogP contribution < -0.4 is 0 Å². The Hall–Kier alpha value is -1.81. The molecule has 4 heterocycles. The summed E-state index contributed by atoms with van der Waals surface area (Å²) in [5.41, 5.74) is 0.892. The van der Waals surface area contributed by atoms with E-state index in [1.807, 2.05) is 0 Å². The van der Waals surface area contributed by atoms with E-state index in [2.05, 4.69) is 4.98 Å². The second kappa shape index (κ2) is 4.35. The van der Waals surface area contributed by atoms with Crippen LogP contribution in [0.4, 0.5) is 0 Å². The van der Waals surface area contributed by atoms with E-state index in [0.717, 1.165) is 0 Å². The number of fused-ring (bicyclic) bond motifs is 2. The van der Waals surface area contributed by atoms with E-state index in [1.165, 1.54) is 16.7 Å². The molecule has 116 valence electrons. The standard InChI is InChI=1S/C12H11N3O5S2/c16-9-7(10-15(9)8(5-21-10)11(17)18)3-6-4-14-1-2-22(19,20)12(14)13-6/h3-4,8,10H,1-2,5H2,(H,17,18)/t8?,10-/m1/s1. The van der Waals surface area contributed by atoms with Gasteiger partial charge in [0.2, 0.25) is 15.0 Å². The third-order valence-electron chi connectivity index (χ3n) is 3.97. The van der Waals surface area contributed by atoms with E-state index < -0.39 is 21.8 Å². The lowest BCUT2D eigenvalue weighted by Gasteiger charge is -2.38. The number of thioether (sulfide) groups is 1. The summed E-state index contributed by atoms with van der Waals surface area (Å²) in [6, 6.07) is -0.785. The van der Waals surface area contributed by atoms with Crippen LogP contribution in [0.5, 0.6) is 0 Å². The van der Waals surface area contributed by atoms with Crippen molar-refractivity contribution in [2.45, 2.75) is 23.1 Å². The highest BCUT2D eigenvalue weighted by Crippen LogP contribution is 2.43. The fraction of sp³-hybridized carbons (Fsp3) is 0.417. The lowest BCUT2D eigenvalue weighted by atomic mass is 10.0. The monoisotopic (exact) mass is 341 g/mol. The highest BCUT2D eigenvalue weighted by atomic mass is 32.2. The molecular weight excluding hydrogens is 330 g/mol. The Labute approximate surface area is 129 Å². The molecule has 0 bridgehead atoms. The summed E-state index contributed by atoms with van der Waals surface area (Å²) in [4.78, 5) is 28.6. The summed E-state index contributed by atoms with van der Waals surface area (Å²) in [6.07, 6.45) is 3.17. The zero-order valence-electron chi connectivity index (χ0n) is 11.2. The van der Waals surface area contributed by atoms with Crippen molar-refractivity contribution in [3.63, 3.8) is 0 Å². The smallest absolute Gasteiger partial charge is 0.327 e. The van der Waals surface area contributed by atoms with Crippen LogP contribution in [0.2, 0.25) is 0 Å². The first-order valence-electron chi connectivity index (χ1n) is 6.57. The molecule has 0 aliphatic carbocycles. The molecule has 0 saturated carbocycles. The zero-order valence-corrected chi connectivity index (χ0v) is 12.8. The topological polar surface area (TPSA) is 110 Å². The average molecular weight is 341 g/mol. The number of carboxylic acid groups (broad SMARTS) is 1. The molecule has 22 heavy (non-hydrogen) atoms. The van der Waals surface area contributed by atoms with Crippen LogP contribution >= 0.6 is 11.8 Å². The molecule has 1 unspecified atom stereocenters. The van der Waals surface area contributed by atoms with Gasteiger partial charge < -0.3 is 14.6 Å². The molecule has 2 fully saturated rings. The van der Waals surface area contributed by atoms with E-state index in [9.17, 15) is 18.0 Å². The number of aromatic nitrogens is 2. The third-order valence-corrected chi connectivity index (χ3v) is 6.88. The summed E-state index contributed by atoms with van der Waals surface area (Å²) < 4.78 is 25.1. The number of sulfone groups is 1. The summed E-state index contributed by atoms with van der Waals surface area (Å²) in [6.45, 7) is 0.368. The van der Waals surface area contributed by atoms with Gasteiger partial charge in [-0.2, -0.15) is 0 Å². The van der Waals surface area contributed by atoms with Crippen molar-refractivity contribution < 1.29 is 23.1 Å². The maximum Gasteiger partial charge on any atom is 0.327 e. The Bertz CT molecular complexity index is 841. The summed E-state index contributed by atoms with van der Waals surface area (Å²) in [5, 5.41) is 8.81. The number of hydrogen-bond donors (Lipinski definition) is 1. The maximum atomic E-state index is 12.1. The molecule has 2 saturated heterocycles. The Kier molecular flexibility index (Phi) is 2.74. The zero-order chi connectivity index (χ0) is 15.6. The van der Waals surface area contributed by atoms with E-state index in [0.29, 0.717) is 23.6 Å². The van der Waals surface area contributed by atoms with Gasteiger partial charge in [-0.3, -0.25) is 4.79 Å². The van der Waals surface area contributed by atoms with Crippen LogP contribution in [-0.2, 0) is 26.0 Å². The fourth-order valence-electron chi connectivity index (χ4n) is 2.87. The Morgan fingerprint density at radius 1 is 1.50 bits per heavy atom. The highest BCUT2D eigenvalue weighted by Gasteiger charge is 2.53. The van der Waals surface area contributed by atoms with E-state index >= 15 is 0 Å². The van der Waals surface area contributed by atoms with Crippen molar-refractivity contribution in [2.75, 3.05) is 11.5 Å². The number of nitrogens with zero attached hydrogens (tertiary/aromatic N) is 3. The van der Waals surface area contributed by atoms with Crippen molar-refractivity contribution >= 4 is 39.6 Å². The van der Waals surface area contributed by atoms with Gasteiger partial charge in [0, 0.05) is 18.5 Å². The lowest BCUT2D eigenvalue weighted by molar-refractivity contribution is -0.150. The molecule has 0 spiro atoms. The number of aryl methyl sites for hydroxylation is 1. The second-order valence-electron chi connectivity index (χ2n) is 5.31. The van der Waals surface area contributed by atoms with Crippen LogP contribution in [0.3, 0.4) is 0 Å². The minimum atomic E-state index is -3.32. The number of aliphatic carboxylic acids is 1. The van der Waals surface area contributed by atoms with Gasteiger partial charge in [0.1, 0.15) is 11.4 Å². The molecule has 1 aromatic rings. The predicted molar refractivity (Wildman–Crippen MR) is 76.8 cm³/mol. The highest BCUT2D eigenvalue weighted by molar-refractivity contribution is 8.00. The largest absolute Gasteiger partial charge is 0.480 e. The van der Waals surface area contributed by atoms with Gasteiger partial charge in [0.05, 0.1) is 17.0 Å². The van der Waals surface area contributed by atoms with Crippen molar-refractivity contribution in [1.82, 2.24) is 14.5 Å². The van der Waals surface area contributed by atoms with Crippen LogP contribution in [0.25, 0.3) is 6.08 Å². The van der Waals surface area contributed by atoms with Gasteiger partial charge in [0.25, 0.3) is 5.91 Å². The number of imidazole rings is 1. The molecular formula is C12H11N3O5S2. The number of carbonyl (C=O) groups excluding carboxylic acids is 1. The SMILES string of the molecule is O=C(O)C1CS[C@@H]2C(=Cc3cn4c(n3)S(=O)(=O)CC4)C(=O)N12. The minimum Gasteiger partial charge on any atom is -0.480 e. The minimum absolute atomic E-state index is 0.0328. The van der Waals surface area contributed by atoms with Gasteiger partial charge in [0.15, 0.2) is 0 Å². The van der Waals surface area contributed by atoms with E-state index in [-0.39, 0.29) is 22.2 Å². The third kappa shape index (κ3) is 1.76. The molecule has 0 radical (unpaired) electrons. The van der Waals surface area contributed by atoms with Crippen LogP contribution in [0.15, 0.2) is 16.9 Å². The van der Waals surface area contributed by atoms with Crippen molar-refractivity contribution in [3.05, 3.63) is 17.5 Å². The van der Waals surface area contributed by atoms with Crippen molar-refractivity contribution in [2.24, 2.45) is 0 Å². The molecule has 4 rings (SSSR count). The Morgan fingerprint density at radius 2 is 2.27 bits per heavy atom. The van der Waals surface area contributed by atoms with Crippen LogP contribution in [-0.4, -0.2) is 62.8 Å². The summed E-state index contributed by atoms with van der Waals surface area (Å²) in [7, 11) is -3.32. The first kappa shape index (κ1) is 13.8. The van der Waals surface area contributed by atoms with Gasteiger partial charge in [-0.05, 0) is 6.08 Å². The normalized spacial score (nSPS) is 30.3. The number of rotatable bonds is 2. The maximum absolute atomic E-state index is 12.1. The molecule has 8 nitrogen and oxygen atoms in total. The Balaban J connectivity index is 1.64. The average Bonchev–Trinajstić information content (AvgIpc) is 3.10. The quantitative estimate of drug-likeness (QED) is 0.566. The molecule has 1 amide bonds. The first-order chi connectivity index (χ1) is 10.4. The van der Waals surface area contributed by atoms with Crippen molar-refractivity contribution in [1.29, 1.82) is 0 Å². The number of hydrogen-bond acceptors (Lipinski definition) is 6. The van der Waals surface area contributed by atoms with Crippen molar-refractivity contribution in [3.8, 4) is 0 Å². The van der Waals surface area contributed by atoms with E-state index in [1.54, 1.807) is 16.8 Å². The predicted octanol–water partition coefficient (Wildman–Crippen LogP) is -0.578. The number of carbonyl (C=O) groups is 2. The Morgan fingerprint density at radius 3 is 2.95 bits per heavy atom. The molecule has 10 heteroatoms. The molecule has 1 N–H and O–H groups in total. The first-order valence-corrected chi connectivity index (χ1v) is 9.27. The van der Waals surface area contributed by atoms with E-state index in [4.69, 9.17) is 5.11 Å². The summed E-state index contributed by atoms with van der Waals surface area (Å²) >= 11 is 1.39. The van der Waals surface area contributed by atoms with Gasteiger partial charge >= 0.3 is 5.97 Å². The number of carboxylic acids is 1. The summed E-state index contributed by atoms with van der Waals surface area (Å²) in [5.74, 6) is -0.915. The van der Waals surface area contributed by atoms with Gasteiger partial charge in [-0.25, -0.2) is 18.2 Å². The molecule has 1 aromatic heterocycles. The molecule has 0 aromatic carbocycles.